The van der Waals surface area contributed by atoms with Crippen LogP contribution < -0.4 is 10.6 Å². The zero-order valence-corrected chi connectivity index (χ0v) is 13.8. The molecule has 3 atom stereocenters. The summed E-state index contributed by atoms with van der Waals surface area (Å²) in [5, 5.41) is 6.50. The molecule has 0 saturated carbocycles. The van der Waals surface area contributed by atoms with E-state index in [-0.39, 0.29) is 30.3 Å². The van der Waals surface area contributed by atoms with Gasteiger partial charge in [0.25, 0.3) is 0 Å². The van der Waals surface area contributed by atoms with E-state index in [0.29, 0.717) is 5.92 Å². The number of rotatable bonds is 5. The van der Waals surface area contributed by atoms with Crippen molar-refractivity contribution in [2.75, 3.05) is 33.7 Å². The van der Waals surface area contributed by atoms with Gasteiger partial charge in [-0.25, -0.2) is 0 Å². The van der Waals surface area contributed by atoms with E-state index in [1.165, 1.54) is 0 Å². The van der Waals surface area contributed by atoms with E-state index in [9.17, 15) is 4.79 Å². The van der Waals surface area contributed by atoms with E-state index in [0.717, 1.165) is 25.2 Å². The average molecular weight is 312 g/mol. The van der Waals surface area contributed by atoms with Crippen LogP contribution in [0.25, 0.3) is 0 Å². The number of halogens is 1. The second kappa shape index (κ2) is 8.37. The Hall–Kier alpha value is -1.10. The van der Waals surface area contributed by atoms with Crippen molar-refractivity contribution in [3.63, 3.8) is 0 Å². The molecule has 1 amide bonds. The summed E-state index contributed by atoms with van der Waals surface area (Å²) < 4.78 is 0. The molecule has 1 aromatic carbocycles. The average Bonchev–Trinajstić information content (AvgIpc) is 2.85. The highest BCUT2D eigenvalue weighted by molar-refractivity contribution is 5.85. The van der Waals surface area contributed by atoms with Crippen LogP contribution >= 0.6 is 12.4 Å². The molecule has 21 heavy (non-hydrogen) atoms. The molecule has 1 unspecified atom stereocenters. The Bertz CT molecular complexity index is 438. The Labute approximate surface area is 133 Å². The molecule has 1 saturated heterocycles. The van der Waals surface area contributed by atoms with Gasteiger partial charge in [0.15, 0.2) is 0 Å². The third-order valence-corrected chi connectivity index (χ3v) is 3.92. The van der Waals surface area contributed by atoms with Gasteiger partial charge in [0.1, 0.15) is 0 Å². The normalized spacial score (nSPS) is 22.7. The van der Waals surface area contributed by atoms with Crippen molar-refractivity contribution >= 4 is 18.3 Å². The van der Waals surface area contributed by atoms with Crippen molar-refractivity contribution < 1.29 is 4.79 Å². The number of nitrogens with zero attached hydrogens (tertiary/aromatic N) is 1. The molecule has 2 N–H and O–H groups in total. The molecule has 5 heteroatoms. The van der Waals surface area contributed by atoms with E-state index in [2.05, 4.69) is 34.6 Å². The van der Waals surface area contributed by atoms with Gasteiger partial charge in [-0.15, -0.1) is 12.4 Å². The second-order valence-corrected chi connectivity index (χ2v) is 5.98. The lowest BCUT2D eigenvalue weighted by molar-refractivity contribution is -0.126. The van der Waals surface area contributed by atoms with E-state index in [4.69, 9.17) is 0 Å². The summed E-state index contributed by atoms with van der Waals surface area (Å²) in [6, 6.07) is 10.2. The molecule has 118 valence electrons. The summed E-state index contributed by atoms with van der Waals surface area (Å²) in [7, 11) is 4.06. The molecule has 1 fully saturated rings. The smallest absolute Gasteiger partial charge is 0.225 e. The van der Waals surface area contributed by atoms with Crippen LogP contribution in [0.4, 0.5) is 0 Å². The summed E-state index contributed by atoms with van der Waals surface area (Å²) in [5.41, 5.74) is 1.16. The molecular weight excluding hydrogens is 286 g/mol. The lowest BCUT2D eigenvalue weighted by atomic mass is 9.96. The summed E-state index contributed by atoms with van der Waals surface area (Å²) in [5.74, 6) is 0.660. The number of benzene rings is 1. The minimum Gasteiger partial charge on any atom is -0.348 e. The third kappa shape index (κ3) is 4.99. The van der Waals surface area contributed by atoms with Crippen molar-refractivity contribution in [1.82, 2.24) is 15.5 Å². The molecule has 0 aromatic heterocycles. The number of hydrogen-bond donors (Lipinski definition) is 2. The Morgan fingerprint density at radius 3 is 2.52 bits per heavy atom. The maximum absolute atomic E-state index is 12.5. The van der Waals surface area contributed by atoms with Gasteiger partial charge in [-0.05, 0) is 32.1 Å². The van der Waals surface area contributed by atoms with Crippen LogP contribution in [0.2, 0.25) is 0 Å². The quantitative estimate of drug-likeness (QED) is 0.869. The SMILES string of the molecule is C[C@@H]1CNC[C@H]1C(=O)NC(CN(C)C)c1ccccc1.Cl. The van der Waals surface area contributed by atoms with Gasteiger partial charge in [-0.3, -0.25) is 4.79 Å². The van der Waals surface area contributed by atoms with Gasteiger partial charge in [-0.2, -0.15) is 0 Å². The van der Waals surface area contributed by atoms with Gasteiger partial charge in [0.2, 0.25) is 5.91 Å². The zero-order valence-electron chi connectivity index (χ0n) is 13.0. The molecule has 1 aliphatic heterocycles. The number of carbonyl (C=O) groups excluding carboxylic acids is 1. The summed E-state index contributed by atoms with van der Waals surface area (Å²) in [6.45, 7) is 4.66. The van der Waals surface area contributed by atoms with Crippen LogP contribution in [0.1, 0.15) is 18.5 Å². The van der Waals surface area contributed by atoms with Crippen LogP contribution in [-0.2, 0) is 4.79 Å². The zero-order chi connectivity index (χ0) is 14.5. The summed E-state index contributed by atoms with van der Waals surface area (Å²) >= 11 is 0. The van der Waals surface area contributed by atoms with Crippen molar-refractivity contribution in [2.24, 2.45) is 11.8 Å². The van der Waals surface area contributed by atoms with Crippen LogP contribution in [-0.4, -0.2) is 44.5 Å². The van der Waals surface area contributed by atoms with Crippen molar-refractivity contribution in [1.29, 1.82) is 0 Å². The summed E-state index contributed by atoms with van der Waals surface area (Å²) in [4.78, 5) is 14.6. The Morgan fingerprint density at radius 2 is 2.00 bits per heavy atom. The van der Waals surface area contributed by atoms with Gasteiger partial charge >= 0.3 is 0 Å². The minimum atomic E-state index is 0. The fraction of sp³-hybridized carbons (Fsp3) is 0.562. The molecule has 4 nitrogen and oxygen atoms in total. The van der Waals surface area contributed by atoms with Crippen LogP contribution in [0.3, 0.4) is 0 Å². The Balaban J connectivity index is 0.00000220. The molecule has 1 heterocycles. The summed E-state index contributed by atoms with van der Waals surface area (Å²) in [6.07, 6.45) is 0. The van der Waals surface area contributed by atoms with Crippen LogP contribution in [0.5, 0.6) is 0 Å². The number of nitrogens with one attached hydrogen (secondary N) is 2. The number of carbonyl (C=O) groups is 1. The van der Waals surface area contributed by atoms with Gasteiger partial charge in [0.05, 0.1) is 12.0 Å². The lowest BCUT2D eigenvalue weighted by Gasteiger charge is -2.25. The maximum atomic E-state index is 12.5. The number of hydrogen-bond acceptors (Lipinski definition) is 3. The van der Waals surface area contributed by atoms with Crippen molar-refractivity contribution in [2.45, 2.75) is 13.0 Å². The van der Waals surface area contributed by atoms with E-state index >= 15 is 0 Å². The first-order chi connectivity index (χ1) is 9.58. The molecule has 2 rings (SSSR count). The van der Waals surface area contributed by atoms with E-state index < -0.39 is 0 Å². The van der Waals surface area contributed by atoms with Crippen molar-refractivity contribution in [3.05, 3.63) is 35.9 Å². The molecule has 0 spiro atoms. The fourth-order valence-corrected chi connectivity index (χ4v) is 2.72. The predicted molar refractivity (Wildman–Crippen MR) is 88.7 cm³/mol. The standard InChI is InChI=1S/C16H25N3O.ClH/c1-12-9-17-10-14(12)16(20)18-15(11-19(2)3)13-7-5-4-6-8-13;/h4-8,12,14-15,17H,9-11H2,1-3H3,(H,18,20);1H/t12-,14-,15?;/m1./s1. The van der Waals surface area contributed by atoms with Gasteiger partial charge < -0.3 is 15.5 Å². The van der Waals surface area contributed by atoms with Crippen LogP contribution in [0, 0.1) is 11.8 Å². The maximum Gasteiger partial charge on any atom is 0.225 e. The minimum absolute atomic E-state index is 0. The molecule has 0 aliphatic carbocycles. The second-order valence-electron chi connectivity index (χ2n) is 5.98. The first kappa shape index (κ1) is 18.0. The van der Waals surface area contributed by atoms with Gasteiger partial charge in [0, 0.05) is 13.1 Å². The van der Waals surface area contributed by atoms with E-state index in [1.807, 2.05) is 32.3 Å². The molecule has 0 radical (unpaired) electrons. The highest BCUT2D eigenvalue weighted by Gasteiger charge is 2.30. The van der Waals surface area contributed by atoms with Gasteiger partial charge in [-0.1, -0.05) is 37.3 Å². The lowest BCUT2D eigenvalue weighted by Crippen LogP contribution is -2.40. The molecule has 1 aromatic rings. The fourth-order valence-electron chi connectivity index (χ4n) is 2.72. The molecule has 0 bridgehead atoms. The van der Waals surface area contributed by atoms with Crippen LogP contribution in [0.15, 0.2) is 30.3 Å². The van der Waals surface area contributed by atoms with E-state index in [1.54, 1.807) is 0 Å². The highest BCUT2D eigenvalue weighted by atomic mass is 35.5. The monoisotopic (exact) mass is 311 g/mol. The Kier molecular flexibility index (Phi) is 7.15. The first-order valence-electron chi connectivity index (χ1n) is 7.28. The largest absolute Gasteiger partial charge is 0.348 e. The molecular formula is C16H26ClN3O. The third-order valence-electron chi connectivity index (χ3n) is 3.92. The number of amides is 1. The molecule has 1 aliphatic rings. The van der Waals surface area contributed by atoms with Crippen molar-refractivity contribution in [3.8, 4) is 0 Å². The first-order valence-corrected chi connectivity index (χ1v) is 7.28. The Morgan fingerprint density at radius 1 is 1.33 bits per heavy atom. The highest BCUT2D eigenvalue weighted by Crippen LogP contribution is 2.19. The number of likely N-dealkylation sites (N-methyl/N-ethyl adjacent to an activating group) is 1. The predicted octanol–water partition coefficient (Wildman–Crippen LogP) is 1.68. The topological polar surface area (TPSA) is 44.4 Å².